The van der Waals surface area contributed by atoms with Crippen LogP contribution in [0.25, 0.3) is 0 Å². The van der Waals surface area contributed by atoms with E-state index in [4.69, 9.17) is 11.6 Å². The summed E-state index contributed by atoms with van der Waals surface area (Å²) in [6.45, 7) is 4.47. The van der Waals surface area contributed by atoms with E-state index in [1.54, 1.807) is 12.1 Å². The molecule has 1 aromatic rings. The lowest BCUT2D eigenvalue weighted by atomic mass is 9.66. The van der Waals surface area contributed by atoms with Crippen LogP contribution < -0.4 is 0 Å². The van der Waals surface area contributed by atoms with Gasteiger partial charge >= 0.3 is 0 Å². The van der Waals surface area contributed by atoms with Crippen LogP contribution in [-0.4, -0.2) is 0 Å². The van der Waals surface area contributed by atoms with Crippen molar-refractivity contribution in [3.63, 3.8) is 0 Å². The highest BCUT2D eigenvalue weighted by Gasteiger charge is 2.37. The molecular formula is C17H21ClFN. The van der Waals surface area contributed by atoms with Crippen LogP contribution in [0.3, 0.4) is 0 Å². The van der Waals surface area contributed by atoms with Gasteiger partial charge in [0.15, 0.2) is 0 Å². The smallest absolute Gasteiger partial charge is 0.127 e. The first-order chi connectivity index (χ1) is 9.47. The minimum Gasteiger partial charge on any atom is -0.207 e. The second-order valence-corrected chi connectivity index (χ2v) is 6.76. The van der Waals surface area contributed by atoms with Gasteiger partial charge in [0.05, 0.1) is 11.5 Å². The number of benzene rings is 1. The maximum atomic E-state index is 13.9. The predicted octanol–water partition coefficient (Wildman–Crippen LogP) is 5.38. The summed E-state index contributed by atoms with van der Waals surface area (Å²) in [6, 6.07) is 7.18. The molecule has 0 amide bonds. The third-order valence-electron chi connectivity index (χ3n) is 4.74. The second-order valence-electron chi connectivity index (χ2n) is 6.35. The fourth-order valence-electron chi connectivity index (χ4n) is 3.23. The van der Waals surface area contributed by atoms with Crippen molar-refractivity contribution < 1.29 is 4.39 Å². The molecule has 0 saturated heterocycles. The first-order valence-corrected chi connectivity index (χ1v) is 7.69. The molecule has 1 saturated carbocycles. The van der Waals surface area contributed by atoms with E-state index in [1.165, 1.54) is 6.07 Å². The summed E-state index contributed by atoms with van der Waals surface area (Å²) in [5, 5.41) is 10.0. The van der Waals surface area contributed by atoms with Crippen LogP contribution >= 0.6 is 11.6 Å². The third-order valence-corrected chi connectivity index (χ3v) is 5.10. The van der Waals surface area contributed by atoms with E-state index in [2.05, 4.69) is 19.9 Å². The number of hydrogen-bond donors (Lipinski definition) is 0. The van der Waals surface area contributed by atoms with Crippen LogP contribution in [-0.2, 0) is 6.42 Å². The molecule has 3 heteroatoms. The van der Waals surface area contributed by atoms with Gasteiger partial charge in [0.1, 0.15) is 5.82 Å². The summed E-state index contributed by atoms with van der Waals surface area (Å²) in [5.41, 5.74) is 0.0516. The van der Waals surface area contributed by atoms with Crippen LogP contribution in [0.5, 0.6) is 0 Å². The molecule has 2 rings (SSSR count). The van der Waals surface area contributed by atoms with Crippen molar-refractivity contribution in [2.45, 2.75) is 46.0 Å². The van der Waals surface area contributed by atoms with Gasteiger partial charge in [-0.1, -0.05) is 31.5 Å². The Bertz CT molecular complexity index is 490. The number of nitrogens with zero attached hydrogens (tertiary/aromatic N) is 1. The molecule has 0 heterocycles. The van der Waals surface area contributed by atoms with E-state index >= 15 is 0 Å². The van der Waals surface area contributed by atoms with Crippen LogP contribution in [0.15, 0.2) is 18.2 Å². The Labute approximate surface area is 125 Å². The highest BCUT2D eigenvalue weighted by atomic mass is 35.5. The van der Waals surface area contributed by atoms with Gasteiger partial charge in [-0.2, -0.15) is 5.26 Å². The normalized spacial score (nSPS) is 26.5. The first-order valence-electron chi connectivity index (χ1n) is 7.31. The van der Waals surface area contributed by atoms with Crippen LogP contribution in [0.1, 0.15) is 45.1 Å². The topological polar surface area (TPSA) is 23.8 Å². The molecule has 1 aliphatic carbocycles. The first kappa shape index (κ1) is 15.3. The number of nitriles is 1. The van der Waals surface area contributed by atoms with E-state index in [0.717, 1.165) is 25.7 Å². The molecule has 1 fully saturated rings. The summed E-state index contributed by atoms with van der Waals surface area (Å²) < 4.78 is 13.9. The van der Waals surface area contributed by atoms with Crippen molar-refractivity contribution in [3.05, 3.63) is 34.6 Å². The monoisotopic (exact) mass is 293 g/mol. The zero-order chi connectivity index (χ0) is 14.8. The molecule has 1 nitrogen and oxygen atoms in total. The molecule has 0 aromatic heterocycles. The van der Waals surface area contributed by atoms with E-state index in [0.29, 0.717) is 28.8 Å². The van der Waals surface area contributed by atoms with Gasteiger partial charge < -0.3 is 0 Å². The third kappa shape index (κ3) is 3.15. The molecule has 108 valence electrons. The molecule has 0 unspecified atom stereocenters. The molecule has 1 aliphatic rings. The molecule has 20 heavy (non-hydrogen) atoms. The van der Waals surface area contributed by atoms with E-state index < -0.39 is 5.41 Å². The van der Waals surface area contributed by atoms with Crippen molar-refractivity contribution in [1.29, 1.82) is 5.26 Å². The Kier molecular flexibility index (Phi) is 4.70. The van der Waals surface area contributed by atoms with Crippen molar-refractivity contribution in [3.8, 4) is 6.07 Å². The van der Waals surface area contributed by atoms with E-state index in [-0.39, 0.29) is 5.82 Å². The maximum Gasteiger partial charge on any atom is 0.127 e. The van der Waals surface area contributed by atoms with E-state index in [9.17, 15) is 9.65 Å². The highest BCUT2D eigenvalue weighted by Crippen LogP contribution is 2.44. The Morgan fingerprint density at radius 1 is 1.40 bits per heavy atom. The van der Waals surface area contributed by atoms with Crippen molar-refractivity contribution >= 4 is 11.6 Å². The van der Waals surface area contributed by atoms with Gasteiger partial charge in [-0.25, -0.2) is 4.39 Å². The average Bonchev–Trinajstić information content (AvgIpc) is 2.43. The van der Waals surface area contributed by atoms with Crippen LogP contribution in [0.4, 0.5) is 4.39 Å². The van der Waals surface area contributed by atoms with Gasteiger partial charge in [0.2, 0.25) is 0 Å². The lowest BCUT2D eigenvalue weighted by molar-refractivity contribution is 0.174. The zero-order valence-electron chi connectivity index (χ0n) is 12.1. The lowest BCUT2D eigenvalue weighted by Gasteiger charge is -2.36. The van der Waals surface area contributed by atoms with Crippen molar-refractivity contribution in [2.75, 3.05) is 0 Å². The van der Waals surface area contributed by atoms with Gasteiger partial charge in [0, 0.05) is 10.6 Å². The Morgan fingerprint density at radius 2 is 2.05 bits per heavy atom. The lowest BCUT2D eigenvalue weighted by Crippen LogP contribution is -2.30. The summed E-state index contributed by atoms with van der Waals surface area (Å²) in [4.78, 5) is 0. The summed E-state index contributed by atoms with van der Waals surface area (Å²) >= 11 is 6.10. The number of halogens is 2. The molecule has 0 N–H and O–H groups in total. The zero-order valence-corrected chi connectivity index (χ0v) is 12.9. The fourth-order valence-corrected chi connectivity index (χ4v) is 3.46. The van der Waals surface area contributed by atoms with Crippen molar-refractivity contribution in [2.24, 2.45) is 17.3 Å². The summed E-state index contributed by atoms with van der Waals surface area (Å²) in [6.07, 6.45) is 4.22. The molecule has 0 radical (unpaired) electrons. The van der Waals surface area contributed by atoms with Crippen LogP contribution in [0, 0.1) is 34.4 Å². The van der Waals surface area contributed by atoms with Crippen molar-refractivity contribution in [1.82, 2.24) is 0 Å². The Balaban J connectivity index is 2.17. The predicted molar refractivity (Wildman–Crippen MR) is 80.0 cm³/mol. The molecule has 1 aromatic carbocycles. The van der Waals surface area contributed by atoms with Gasteiger partial charge in [0.25, 0.3) is 0 Å². The minimum atomic E-state index is -0.447. The Morgan fingerprint density at radius 3 is 2.55 bits per heavy atom. The maximum absolute atomic E-state index is 13.9. The SMILES string of the molecule is CC(C)C1CCC(C#N)(Cc2c(F)cccc2Cl)CC1. The summed E-state index contributed by atoms with van der Waals surface area (Å²) in [5.74, 6) is 1.05. The minimum absolute atomic E-state index is 0.293. The van der Waals surface area contributed by atoms with Gasteiger partial charge in [-0.3, -0.25) is 0 Å². The standard InChI is InChI=1S/C17H21ClFN/c1-12(2)13-6-8-17(11-20,9-7-13)10-14-15(18)4-3-5-16(14)19/h3-5,12-13H,6-10H2,1-2H3. The molecule has 0 spiro atoms. The molecular weight excluding hydrogens is 273 g/mol. The molecule has 0 atom stereocenters. The second kappa shape index (κ2) is 6.14. The number of hydrogen-bond acceptors (Lipinski definition) is 1. The summed E-state index contributed by atoms with van der Waals surface area (Å²) in [7, 11) is 0. The molecule has 0 aliphatic heterocycles. The van der Waals surface area contributed by atoms with Gasteiger partial charge in [-0.15, -0.1) is 0 Å². The number of rotatable bonds is 3. The fraction of sp³-hybridized carbons (Fsp3) is 0.588. The largest absolute Gasteiger partial charge is 0.207 e. The van der Waals surface area contributed by atoms with Gasteiger partial charge in [-0.05, 0) is 56.1 Å². The Hall–Kier alpha value is -1.07. The molecule has 0 bridgehead atoms. The quantitative estimate of drug-likeness (QED) is 0.734. The average molecular weight is 294 g/mol. The van der Waals surface area contributed by atoms with E-state index in [1.807, 2.05) is 0 Å². The highest BCUT2D eigenvalue weighted by molar-refractivity contribution is 6.31. The van der Waals surface area contributed by atoms with Crippen LogP contribution in [0.2, 0.25) is 5.02 Å².